The van der Waals surface area contributed by atoms with Gasteiger partial charge >= 0.3 is 0 Å². The first-order valence-electron chi connectivity index (χ1n) is 6.70. The van der Waals surface area contributed by atoms with E-state index in [1.54, 1.807) is 6.92 Å². The summed E-state index contributed by atoms with van der Waals surface area (Å²) in [5.74, 6) is -0.463. The Morgan fingerprint density at radius 1 is 1.30 bits per heavy atom. The van der Waals surface area contributed by atoms with Gasteiger partial charge in [-0.05, 0) is 12.0 Å². The first kappa shape index (κ1) is 16.7. The van der Waals surface area contributed by atoms with Crippen LogP contribution in [0.15, 0.2) is 30.3 Å². The molecule has 1 aromatic rings. The minimum absolute atomic E-state index is 0.0299. The summed E-state index contributed by atoms with van der Waals surface area (Å²) in [4.78, 5) is 12.0. The monoisotopic (exact) mass is 298 g/mol. The second-order valence-electron chi connectivity index (χ2n) is 4.65. The molecule has 0 saturated heterocycles. The van der Waals surface area contributed by atoms with E-state index < -0.39 is 9.84 Å². The summed E-state index contributed by atoms with van der Waals surface area (Å²) in [5.41, 5.74) is 6.67. The molecule has 0 fully saturated rings. The molecule has 112 valence electrons. The molecule has 20 heavy (non-hydrogen) atoms. The van der Waals surface area contributed by atoms with Crippen molar-refractivity contribution in [3.05, 3.63) is 35.9 Å². The van der Waals surface area contributed by atoms with E-state index in [9.17, 15) is 13.2 Å². The molecule has 1 amide bonds. The first-order valence-corrected chi connectivity index (χ1v) is 8.52. The molecule has 1 rings (SSSR count). The third-order valence-electron chi connectivity index (χ3n) is 3.13. The number of carbonyl (C=O) groups is 1. The number of hydrogen-bond acceptors (Lipinski definition) is 4. The predicted molar refractivity (Wildman–Crippen MR) is 80.0 cm³/mol. The summed E-state index contributed by atoms with van der Waals surface area (Å²) in [6.07, 6.45) is 0.559. The Labute approximate surface area is 120 Å². The lowest BCUT2D eigenvalue weighted by molar-refractivity contribution is -0.124. The second kappa shape index (κ2) is 8.01. The molecule has 0 aliphatic rings. The van der Waals surface area contributed by atoms with Crippen LogP contribution < -0.4 is 11.1 Å². The molecule has 1 unspecified atom stereocenters. The number of hydrogen-bond donors (Lipinski definition) is 2. The number of benzene rings is 1. The van der Waals surface area contributed by atoms with Gasteiger partial charge in [0.05, 0.1) is 11.7 Å². The number of carbonyl (C=O) groups excluding carboxylic acids is 1. The van der Waals surface area contributed by atoms with Gasteiger partial charge in [-0.25, -0.2) is 8.42 Å². The molecule has 6 heteroatoms. The van der Waals surface area contributed by atoms with Gasteiger partial charge in [0, 0.05) is 18.8 Å². The minimum atomic E-state index is -3.05. The lowest BCUT2D eigenvalue weighted by Crippen LogP contribution is -2.38. The van der Waals surface area contributed by atoms with Gasteiger partial charge in [-0.1, -0.05) is 37.3 Å². The smallest absolute Gasteiger partial charge is 0.224 e. The number of amides is 1. The van der Waals surface area contributed by atoms with Gasteiger partial charge in [0.2, 0.25) is 5.91 Å². The van der Waals surface area contributed by atoms with Crippen molar-refractivity contribution in [2.75, 3.05) is 24.6 Å². The van der Waals surface area contributed by atoms with E-state index in [1.807, 2.05) is 30.3 Å². The third kappa shape index (κ3) is 5.71. The van der Waals surface area contributed by atoms with Crippen molar-refractivity contribution < 1.29 is 13.2 Å². The van der Waals surface area contributed by atoms with Crippen LogP contribution in [0, 0.1) is 5.92 Å². The van der Waals surface area contributed by atoms with Gasteiger partial charge < -0.3 is 11.1 Å². The average Bonchev–Trinajstić information content (AvgIpc) is 2.45. The standard InChI is InChI=1S/C14H22N2O3S/c1-2-20(18,19)9-8-16-14(17)13(11-15)10-12-6-4-3-5-7-12/h3-7,13H,2,8-11,15H2,1H3,(H,16,17). The molecule has 3 N–H and O–H groups in total. The summed E-state index contributed by atoms with van der Waals surface area (Å²) < 4.78 is 22.7. The molecule has 0 aliphatic heterocycles. The fourth-order valence-corrected chi connectivity index (χ4v) is 2.50. The van der Waals surface area contributed by atoms with Gasteiger partial charge in [0.25, 0.3) is 0 Å². The average molecular weight is 298 g/mol. The second-order valence-corrected chi connectivity index (χ2v) is 7.12. The number of nitrogens with two attached hydrogens (primary N) is 1. The predicted octanol–water partition coefficient (Wildman–Crippen LogP) is 0.355. The highest BCUT2D eigenvalue weighted by atomic mass is 32.2. The zero-order valence-electron chi connectivity index (χ0n) is 11.7. The lowest BCUT2D eigenvalue weighted by Gasteiger charge is -2.15. The zero-order chi connectivity index (χ0) is 15.0. The van der Waals surface area contributed by atoms with E-state index in [-0.39, 0.29) is 36.4 Å². The van der Waals surface area contributed by atoms with E-state index in [0.717, 1.165) is 5.56 Å². The highest BCUT2D eigenvalue weighted by Gasteiger charge is 2.17. The molecule has 5 nitrogen and oxygen atoms in total. The van der Waals surface area contributed by atoms with E-state index in [1.165, 1.54) is 0 Å². The Bertz CT molecular complexity index is 514. The maximum Gasteiger partial charge on any atom is 0.224 e. The molecule has 0 saturated carbocycles. The molecular formula is C14H22N2O3S. The van der Waals surface area contributed by atoms with Crippen molar-refractivity contribution in [2.24, 2.45) is 11.7 Å². The van der Waals surface area contributed by atoms with Crippen LogP contribution in [0.3, 0.4) is 0 Å². The van der Waals surface area contributed by atoms with Crippen molar-refractivity contribution in [1.82, 2.24) is 5.32 Å². The Morgan fingerprint density at radius 3 is 2.50 bits per heavy atom. The van der Waals surface area contributed by atoms with Crippen LogP contribution in [-0.2, 0) is 21.1 Å². The van der Waals surface area contributed by atoms with Crippen molar-refractivity contribution in [1.29, 1.82) is 0 Å². The topological polar surface area (TPSA) is 89.3 Å². The fourth-order valence-electron chi connectivity index (χ4n) is 1.80. The first-order chi connectivity index (χ1) is 9.48. The van der Waals surface area contributed by atoms with Crippen LogP contribution in [0.1, 0.15) is 12.5 Å². The van der Waals surface area contributed by atoms with Crippen molar-refractivity contribution in [3.63, 3.8) is 0 Å². The zero-order valence-corrected chi connectivity index (χ0v) is 12.5. The van der Waals surface area contributed by atoms with E-state index in [0.29, 0.717) is 6.42 Å². The van der Waals surface area contributed by atoms with Crippen molar-refractivity contribution in [2.45, 2.75) is 13.3 Å². The highest BCUT2D eigenvalue weighted by molar-refractivity contribution is 7.91. The number of sulfone groups is 1. The molecular weight excluding hydrogens is 276 g/mol. The van der Waals surface area contributed by atoms with Gasteiger partial charge in [-0.2, -0.15) is 0 Å². The summed E-state index contributed by atoms with van der Waals surface area (Å²) in [6.45, 7) is 1.97. The highest BCUT2D eigenvalue weighted by Crippen LogP contribution is 2.07. The third-order valence-corrected chi connectivity index (χ3v) is 4.84. The van der Waals surface area contributed by atoms with Crippen molar-refractivity contribution >= 4 is 15.7 Å². The Balaban J connectivity index is 2.47. The molecule has 0 bridgehead atoms. The van der Waals surface area contributed by atoms with Gasteiger partial charge in [0.15, 0.2) is 9.84 Å². The SMILES string of the molecule is CCS(=O)(=O)CCNC(=O)C(CN)Cc1ccccc1. The number of nitrogens with one attached hydrogen (secondary N) is 1. The molecule has 0 aliphatic carbocycles. The van der Waals surface area contributed by atoms with E-state index >= 15 is 0 Å². The molecule has 0 spiro atoms. The fraction of sp³-hybridized carbons (Fsp3) is 0.500. The maximum absolute atomic E-state index is 12.0. The quantitative estimate of drug-likeness (QED) is 0.725. The van der Waals surface area contributed by atoms with Crippen LogP contribution in [0.2, 0.25) is 0 Å². The molecule has 1 aromatic carbocycles. The van der Waals surface area contributed by atoms with Gasteiger partial charge in [-0.15, -0.1) is 0 Å². The van der Waals surface area contributed by atoms with E-state index in [2.05, 4.69) is 5.32 Å². The molecule has 1 atom stereocenters. The van der Waals surface area contributed by atoms with Crippen LogP contribution in [0.5, 0.6) is 0 Å². The summed E-state index contributed by atoms with van der Waals surface area (Å²) in [5, 5.41) is 2.65. The Morgan fingerprint density at radius 2 is 1.95 bits per heavy atom. The summed E-state index contributed by atoms with van der Waals surface area (Å²) in [6, 6.07) is 9.62. The summed E-state index contributed by atoms with van der Waals surface area (Å²) in [7, 11) is -3.05. The summed E-state index contributed by atoms with van der Waals surface area (Å²) >= 11 is 0. The van der Waals surface area contributed by atoms with Gasteiger partial charge in [0.1, 0.15) is 0 Å². The molecule has 0 heterocycles. The molecule has 0 aromatic heterocycles. The van der Waals surface area contributed by atoms with E-state index in [4.69, 9.17) is 5.73 Å². The minimum Gasteiger partial charge on any atom is -0.355 e. The largest absolute Gasteiger partial charge is 0.355 e. The van der Waals surface area contributed by atoms with Crippen LogP contribution in [-0.4, -0.2) is 38.9 Å². The van der Waals surface area contributed by atoms with Crippen LogP contribution in [0.4, 0.5) is 0 Å². The Hall–Kier alpha value is -1.40. The lowest BCUT2D eigenvalue weighted by atomic mass is 9.99. The molecule has 0 radical (unpaired) electrons. The van der Waals surface area contributed by atoms with Crippen molar-refractivity contribution in [3.8, 4) is 0 Å². The van der Waals surface area contributed by atoms with Gasteiger partial charge in [-0.3, -0.25) is 4.79 Å². The van der Waals surface area contributed by atoms with Crippen LogP contribution >= 0.6 is 0 Å². The maximum atomic E-state index is 12.0. The number of rotatable bonds is 8. The normalized spacial score (nSPS) is 12.9. The Kier molecular flexibility index (Phi) is 6.67. The van der Waals surface area contributed by atoms with Crippen LogP contribution in [0.25, 0.3) is 0 Å².